The summed E-state index contributed by atoms with van der Waals surface area (Å²) in [7, 11) is 0. The van der Waals surface area contributed by atoms with Crippen molar-refractivity contribution in [1.82, 2.24) is 0 Å². The summed E-state index contributed by atoms with van der Waals surface area (Å²) in [6.45, 7) is 1.48. The summed E-state index contributed by atoms with van der Waals surface area (Å²) in [5, 5.41) is 0. The van der Waals surface area contributed by atoms with Gasteiger partial charge in [0.15, 0.2) is 6.29 Å². The van der Waals surface area contributed by atoms with E-state index in [1.165, 1.54) is 12.8 Å². The lowest BCUT2D eigenvalue weighted by molar-refractivity contribution is -0.0516. The molecule has 3 nitrogen and oxygen atoms in total. The number of nitrogens with two attached hydrogens (primary N) is 1. The third kappa shape index (κ3) is 1.92. The summed E-state index contributed by atoms with van der Waals surface area (Å²) in [5.41, 5.74) is 5.90. The molecule has 1 heterocycles. The molecule has 1 atom stereocenters. The van der Waals surface area contributed by atoms with E-state index in [2.05, 4.69) is 0 Å². The molecular weight excluding hydrogens is 142 g/mol. The van der Waals surface area contributed by atoms with Gasteiger partial charge in [-0.1, -0.05) is 0 Å². The Kier molecular flexibility index (Phi) is 2.11. The maximum atomic E-state index is 5.90. The predicted molar refractivity (Wildman–Crippen MR) is 41.0 cm³/mol. The van der Waals surface area contributed by atoms with Crippen LogP contribution < -0.4 is 5.73 Å². The van der Waals surface area contributed by atoms with E-state index in [9.17, 15) is 0 Å². The van der Waals surface area contributed by atoms with Gasteiger partial charge in [-0.25, -0.2) is 0 Å². The molecule has 0 aromatic carbocycles. The maximum Gasteiger partial charge on any atom is 0.159 e. The van der Waals surface area contributed by atoms with Gasteiger partial charge in [-0.15, -0.1) is 0 Å². The molecule has 1 unspecified atom stereocenters. The van der Waals surface area contributed by atoms with Crippen molar-refractivity contribution >= 4 is 0 Å². The topological polar surface area (TPSA) is 44.5 Å². The molecule has 0 amide bonds. The molecular formula is C8H15NO2. The minimum atomic E-state index is -0.00870. The molecule has 1 saturated carbocycles. The molecule has 0 aromatic rings. The van der Waals surface area contributed by atoms with E-state index in [0.717, 1.165) is 25.6 Å². The van der Waals surface area contributed by atoms with Gasteiger partial charge in [0.05, 0.1) is 13.2 Å². The van der Waals surface area contributed by atoms with Gasteiger partial charge in [0.25, 0.3) is 0 Å². The van der Waals surface area contributed by atoms with E-state index in [4.69, 9.17) is 15.2 Å². The molecule has 0 radical (unpaired) electrons. The van der Waals surface area contributed by atoms with Crippen molar-refractivity contribution in [3.8, 4) is 0 Å². The summed E-state index contributed by atoms with van der Waals surface area (Å²) in [4.78, 5) is 0. The van der Waals surface area contributed by atoms with Crippen LogP contribution in [-0.2, 0) is 9.47 Å². The zero-order chi connectivity index (χ0) is 7.68. The van der Waals surface area contributed by atoms with Crippen LogP contribution in [0.1, 0.15) is 19.3 Å². The van der Waals surface area contributed by atoms with Crippen LogP contribution in [0.25, 0.3) is 0 Å². The van der Waals surface area contributed by atoms with Gasteiger partial charge in [0.2, 0.25) is 0 Å². The molecule has 64 valence electrons. The van der Waals surface area contributed by atoms with Crippen LogP contribution in [0.2, 0.25) is 0 Å². The fraction of sp³-hybridized carbons (Fsp3) is 1.00. The SMILES string of the molecule is NC(CC1OCCO1)C1CC1. The molecule has 1 aliphatic carbocycles. The van der Waals surface area contributed by atoms with Crippen molar-refractivity contribution < 1.29 is 9.47 Å². The third-order valence-corrected chi connectivity index (χ3v) is 2.38. The van der Waals surface area contributed by atoms with Crippen LogP contribution >= 0.6 is 0 Å². The van der Waals surface area contributed by atoms with Gasteiger partial charge >= 0.3 is 0 Å². The summed E-state index contributed by atoms with van der Waals surface area (Å²) in [6, 6.07) is 0.304. The highest BCUT2D eigenvalue weighted by atomic mass is 16.7. The first kappa shape index (κ1) is 7.53. The molecule has 1 aliphatic heterocycles. The fourth-order valence-corrected chi connectivity index (χ4v) is 1.48. The maximum absolute atomic E-state index is 5.90. The van der Waals surface area contributed by atoms with E-state index < -0.39 is 0 Å². The van der Waals surface area contributed by atoms with Gasteiger partial charge in [0, 0.05) is 12.5 Å². The van der Waals surface area contributed by atoms with Crippen LogP contribution in [0.5, 0.6) is 0 Å². The molecule has 3 heteroatoms. The van der Waals surface area contributed by atoms with E-state index >= 15 is 0 Å². The van der Waals surface area contributed by atoms with Gasteiger partial charge in [0.1, 0.15) is 0 Å². The minimum Gasteiger partial charge on any atom is -0.350 e. The second-order valence-corrected chi connectivity index (χ2v) is 3.41. The highest BCUT2D eigenvalue weighted by Crippen LogP contribution is 2.33. The van der Waals surface area contributed by atoms with E-state index in [0.29, 0.717) is 6.04 Å². The normalized spacial score (nSPS) is 29.2. The standard InChI is InChI=1S/C8H15NO2/c9-7(6-1-2-6)5-8-10-3-4-11-8/h6-8H,1-5,9H2. The highest BCUT2D eigenvalue weighted by molar-refractivity contribution is 4.84. The smallest absolute Gasteiger partial charge is 0.159 e. The summed E-state index contributed by atoms with van der Waals surface area (Å²) in [6.07, 6.45) is 3.47. The van der Waals surface area contributed by atoms with Crippen molar-refractivity contribution in [2.75, 3.05) is 13.2 Å². The summed E-state index contributed by atoms with van der Waals surface area (Å²) >= 11 is 0. The van der Waals surface area contributed by atoms with Crippen LogP contribution in [-0.4, -0.2) is 25.5 Å². The van der Waals surface area contributed by atoms with Crippen molar-refractivity contribution in [3.05, 3.63) is 0 Å². The Hall–Kier alpha value is -0.120. The average Bonchev–Trinajstić information content (AvgIpc) is 2.73. The second kappa shape index (κ2) is 3.09. The quantitative estimate of drug-likeness (QED) is 0.648. The zero-order valence-corrected chi connectivity index (χ0v) is 6.66. The molecule has 1 saturated heterocycles. The summed E-state index contributed by atoms with van der Waals surface area (Å²) < 4.78 is 10.6. The molecule has 0 aromatic heterocycles. The van der Waals surface area contributed by atoms with E-state index in [-0.39, 0.29) is 6.29 Å². The van der Waals surface area contributed by atoms with Crippen molar-refractivity contribution in [1.29, 1.82) is 0 Å². The lowest BCUT2D eigenvalue weighted by Crippen LogP contribution is -2.28. The number of hydrogen-bond acceptors (Lipinski definition) is 3. The van der Waals surface area contributed by atoms with Gasteiger partial charge in [-0.2, -0.15) is 0 Å². The molecule has 2 fully saturated rings. The molecule has 2 rings (SSSR count). The Labute approximate surface area is 66.8 Å². The molecule has 2 aliphatic rings. The lowest BCUT2D eigenvalue weighted by Gasteiger charge is -2.14. The molecule has 0 spiro atoms. The first-order chi connectivity index (χ1) is 5.36. The average molecular weight is 157 g/mol. The van der Waals surface area contributed by atoms with Crippen molar-refractivity contribution in [2.45, 2.75) is 31.6 Å². The Balaban J connectivity index is 1.70. The number of ether oxygens (including phenoxy) is 2. The van der Waals surface area contributed by atoms with E-state index in [1.807, 2.05) is 0 Å². The largest absolute Gasteiger partial charge is 0.350 e. The number of rotatable bonds is 3. The minimum absolute atomic E-state index is 0.00870. The Morgan fingerprint density at radius 1 is 1.27 bits per heavy atom. The van der Waals surface area contributed by atoms with Gasteiger partial charge < -0.3 is 15.2 Å². The lowest BCUT2D eigenvalue weighted by atomic mass is 10.1. The predicted octanol–water partition coefficient (Wildman–Crippen LogP) is 0.487. The first-order valence-electron chi connectivity index (χ1n) is 4.35. The van der Waals surface area contributed by atoms with Crippen molar-refractivity contribution in [2.24, 2.45) is 11.7 Å². The monoisotopic (exact) mass is 157 g/mol. The number of hydrogen-bond donors (Lipinski definition) is 1. The molecule has 11 heavy (non-hydrogen) atoms. The zero-order valence-electron chi connectivity index (χ0n) is 6.66. The van der Waals surface area contributed by atoms with Crippen LogP contribution in [0, 0.1) is 5.92 Å². The van der Waals surface area contributed by atoms with Gasteiger partial charge in [-0.05, 0) is 18.8 Å². The summed E-state index contributed by atoms with van der Waals surface area (Å²) in [5.74, 6) is 0.753. The molecule has 0 bridgehead atoms. The third-order valence-electron chi connectivity index (χ3n) is 2.38. The molecule has 2 N–H and O–H groups in total. The van der Waals surface area contributed by atoms with Crippen molar-refractivity contribution in [3.63, 3.8) is 0 Å². The Morgan fingerprint density at radius 2 is 1.91 bits per heavy atom. The second-order valence-electron chi connectivity index (χ2n) is 3.41. The van der Waals surface area contributed by atoms with Crippen LogP contribution in [0.4, 0.5) is 0 Å². The fourth-order valence-electron chi connectivity index (χ4n) is 1.48. The Morgan fingerprint density at radius 3 is 2.45 bits per heavy atom. The van der Waals surface area contributed by atoms with Gasteiger partial charge in [-0.3, -0.25) is 0 Å². The van der Waals surface area contributed by atoms with Crippen LogP contribution in [0.3, 0.4) is 0 Å². The van der Waals surface area contributed by atoms with E-state index in [1.54, 1.807) is 0 Å². The van der Waals surface area contributed by atoms with Crippen LogP contribution in [0.15, 0.2) is 0 Å². The highest BCUT2D eigenvalue weighted by Gasteiger charge is 2.31. The Bertz CT molecular complexity index is 130. The first-order valence-corrected chi connectivity index (χ1v) is 4.35.